The summed E-state index contributed by atoms with van der Waals surface area (Å²) in [6.07, 6.45) is 1.47. The van der Waals surface area contributed by atoms with E-state index in [4.69, 9.17) is 5.11 Å². The quantitative estimate of drug-likeness (QED) is 0.621. The van der Waals surface area contributed by atoms with Gasteiger partial charge >= 0.3 is 0 Å². The van der Waals surface area contributed by atoms with Gasteiger partial charge in [-0.2, -0.15) is 0 Å². The molecule has 0 aliphatic rings. The van der Waals surface area contributed by atoms with E-state index >= 15 is 0 Å². The number of aliphatic hydroxyl groups is 1. The lowest BCUT2D eigenvalue weighted by Crippen LogP contribution is -2.17. The Kier molecular flexibility index (Phi) is 5.62. The van der Waals surface area contributed by atoms with E-state index in [-0.39, 0.29) is 16.2 Å². The van der Waals surface area contributed by atoms with Crippen molar-refractivity contribution in [3.05, 3.63) is 75.7 Å². The molecule has 0 saturated carbocycles. The predicted octanol–water partition coefficient (Wildman–Crippen LogP) is 2.30. The van der Waals surface area contributed by atoms with Crippen LogP contribution in [-0.2, 0) is 9.84 Å². The summed E-state index contributed by atoms with van der Waals surface area (Å²) in [6.45, 7) is 3.34. The first kappa shape index (κ1) is 19.8. The number of nitrogens with zero attached hydrogens (tertiary/aromatic N) is 2. The highest BCUT2D eigenvalue weighted by Crippen LogP contribution is 2.18. The van der Waals surface area contributed by atoms with Gasteiger partial charge in [0.25, 0.3) is 5.56 Å². The van der Waals surface area contributed by atoms with Crippen LogP contribution in [0.3, 0.4) is 0 Å². The average molecular weight is 399 g/mol. The fourth-order valence-electron chi connectivity index (χ4n) is 2.70. The van der Waals surface area contributed by atoms with Gasteiger partial charge in [0.15, 0.2) is 9.84 Å². The van der Waals surface area contributed by atoms with E-state index < -0.39 is 16.4 Å². The molecule has 146 valence electrons. The molecule has 0 radical (unpaired) electrons. The Labute approximate surface area is 162 Å². The molecule has 7 nitrogen and oxygen atoms in total. The highest BCUT2D eigenvalue weighted by atomic mass is 32.2. The maximum atomic E-state index is 12.7. The smallest absolute Gasteiger partial charge is 0.280 e. The van der Waals surface area contributed by atoms with Crippen molar-refractivity contribution in [2.24, 2.45) is 4.99 Å². The van der Waals surface area contributed by atoms with Gasteiger partial charge in [0.1, 0.15) is 0 Å². The lowest BCUT2D eigenvalue weighted by Gasteiger charge is -2.02. The van der Waals surface area contributed by atoms with E-state index in [0.717, 1.165) is 11.3 Å². The zero-order chi connectivity index (χ0) is 20.3. The summed E-state index contributed by atoms with van der Waals surface area (Å²) in [4.78, 5) is 17.1. The van der Waals surface area contributed by atoms with E-state index in [1.165, 1.54) is 23.0 Å². The fourth-order valence-corrected chi connectivity index (χ4v) is 3.73. The Balaban J connectivity index is 1.87. The second-order valence-corrected chi connectivity index (χ2v) is 8.53. The highest BCUT2D eigenvalue weighted by Gasteiger charge is 2.13. The summed E-state index contributed by atoms with van der Waals surface area (Å²) in [5.74, 6) is -0.323. The van der Waals surface area contributed by atoms with Crippen molar-refractivity contribution >= 4 is 21.7 Å². The Morgan fingerprint density at radius 1 is 1.07 bits per heavy atom. The molecule has 3 aromatic rings. The molecule has 0 amide bonds. The second kappa shape index (κ2) is 7.95. The summed E-state index contributed by atoms with van der Waals surface area (Å²) < 4.78 is 25.3. The van der Waals surface area contributed by atoms with Gasteiger partial charge in [-0.15, -0.1) is 0 Å². The number of nitrogens with one attached hydrogen (secondary N) is 1. The van der Waals surface area contributed by atoms with E-state index in [1.54, 1.807) is 19.1 Å². The molecule has 0 aliphatic heterocycles. The number of benzene rings is 2. The number of aromatic amines is 1. The van der Waals surface area contributed by atoms with Gasteiger partial charge in [0, 0.05) is 11.9 Å². The number of hydrogen-bond acceptors (Lipinski definition) is 5. The van der Waals surface area contributed by atoms with Crippen molar-refractivity contribution in [3.8, 4) is 5.69 Å². The number of aliphatic imine (C=N–C) groups is 1. The van der Waals surface area contributed by atoms with Crippen LogP contribution in [0.5, 0.6) is 0 Å². The molecule has 0 bridgehead atoms. The van der Waals surface area contributed by atoms with E-state index in [0.29, 0.717) is 16.9 Å². The lowest BCUT2D eigenvalue weighted by molar-refractivity contribution is 0.319. The summed E-state index contributed by atoms with van der Waals surface area (Å²) in [5.41, 5.74) is 3.24. The molecule has 0 atom stereocenters. The van der Waals surface area contributed by atoms with Crippen molar-refractivity contribution in [2.45, 2.75) is 18.7 Å². The second-order valence-electron chi connectivity index (χ2n) is 6.42. The third-order valence-electron chi connectivity index (χ3n) is 4.31. The maximum absolute atomic E-state index is 12.7. The molecule has 1 heterocycles. The van der Waals surface area contributed by atoms with Gasteiger partial charge in [-0.3, -0.25) is 14.9 Å². The molecule has 0 spiro atoms. The van der Waals surface area contributed by atoms with Crippen molar-refractivity contribution in [1.29, 1.82) is 0 Å². The van der Waals surface area contributed by atoms with Crippen molar-refractivity contribution in [3.63, 3.8) is 0 Å². The molecule has 28 heavy (non-hydrogen) atoms. The Morgan fingerprint density at radius 2 is 1.71 bits per heavy atom. The highest BCUT2D eigenvalue weighted by molar-refractivity contribution is 7.91. The number of rotatable bonds is 6. The molecule has 8 heteroatoms. The number of sulfone groups is 1. The van der Waals surface area contributed by atoms with Crippen molar-refractivity contribution in [1.82, 2.24) is 9.78 Å². The average Bonchev–Trinajstić information content (AvgIpc) is 2.95. The van der Waals surface area contributed by atoms with Gasteiger partial charge in [-0.1, -0.05) is 17.7 Å². The normalized spacial score (nSPS) is 12.0. The number of aliphatic hydroxyl groups excluding tert-OH is 1. The Morgan fingerprint density at radius 3 is 2.32 bits per heavy atom. The molecular weight excluding hydrogens is 378 g/mol. The first-order chi connectivity index (χ1) is 13.3. The minimum Gasteiger partial charge on any atom is -0.395 e. The molecule has 0 aliphatic carbocycles. The van der Waals surface area contributed by atoms with E-state index in [9.17, 15) is 13.2 Å². The number of aromatic nitrogens is 2. The third-order valence-corrected chi connectivity index (χ3v) is 6.02. The van der Waals surface area contributed by atoms with Crippen LogP contribution in [0.2, 0.25) is 0 Å². The number of aryl methyl sites for hydroxylation is 2. The molecule has 0 unspecified atom stereocenters. The topological polar surface area (TPSA) is 105 Å². The molecule has 0 fully saturated rings. The largest absolute Gasteiger partial charge is 0.395 e. The summed E-state index contributed by atoms with van der Waals surface area (Å²) in [6, 6.07) is 13.6. The van der Waals surface area contributed by atoms with Crippen molar-refractivity contribution in [2.75, 3.05) is 12.4 Å². The predicted molar refractivity (Wildman–Crippen MR) is 109 cm³/mol. The SMILES string of the molecule is Cc1ccc(-n2[nH]c(C)c(C=Nc3ccc(S(=O)(=O)CCO)cc3)c2=O)cc1. The molecule has 0 saturated heterocycles. The molecule has 2 aromatic carbocycles. The van der Waals surface area contributed by atoms with Crippen LogP contribution >= 0.6 is 0 Å². The fraction of sp³-hybridized carbons (Fsp3) is 0.200. The van der Waals surface area contributed by atoms with E-state index in [1.807, 2.05) is 31.2 Å². The first-order valence-corrected chi connectivity index (χ1v) is 10.3. The summed E-state index contributed by atoms with van der Waals surface area (Å²) in [7, 11) is -3.50. The summed E-state index contributed by atoms with van der Waals surface area (Å²) in [5, 5.41) is 11.9. The van der Waals surface area contributed by atoms with Crippen LogP contribution in [0, 0.1) is 13.8 Å². The standard InChI is InChI=1S/C20H21N3O4S/c1-14-3-7-17(8-4-14)23-20(25)19(15(2)22-23)13-21-16-5-9-18(10-6-16)28(26,27)12-11-24/h3-10,13,22,24H,11-12H2,1-2H3. The zero-order valence-electron chi connectivity index (χ0n) is 15.6. The van der Waals surface area contributed by atoms with Crippen LogP contribution < -0.4 is 5.56 Å². The first-order valence-electron chi connectivity index (χ1n) is 8.68. The molecule has 1 aromatic heterocycles. The van der Waals surface area contributed by atoms with Crippen LogP contribution in [0.4, 0.5) is 5.69 Å². The van der Waals surface area contributed by atoms with Gasteiger partial charge in [-0.05, 0) is 50.2 Å². The van der Waals surface area contributed by atoms with Gasteiger partial charge in [0.2, 0.25) is 0 Å². The molecule has 2 N–H and O–H groups in total. The maximum Gasteiger partial charge on any atom is 0.280 e. The van der Waals surface area contributed by atoms with Gasteiger partial charge in [0.05, 0.1) is 34.2 Å². The summed E-state index contributed by atoms with van der Waals surface area (Å²) >= 11 is 0. The molecule has 3 rings (SSSR count). The van der Waals surface area contributed by atoms with Crippen LogP contribution in [0.25, 0.3) is 5.69 Å². The van der Waals surface area contributed by atoms with Gasteiger partial charge < -0.3 is 5.11 Å². The van der Waals surface area contributed by atoms with Crippen LogP contribution in [-0.4, -0.2) is 41.9 Å². The van der Waals surface area contributed by atoms with Crippen molar-refractivity contribution < 1.29 is 13.5 Å². The zero-order valence-corrected chi connectivity index (χ0v) is 16.4. The minimum absolute atomic E-state index is 0.125. The number of H-pyrrole nitrogens is 1. The minimum atomic E-state index is -3.50. The van der Waals surface area contributed by atoms with E-state index in [2.05, 4.69) is 10.1 Å². The third kappa shape index (κ3) is 4.13. The van der Waals surface area contributed by atoms with Gasteiger partial charge in [-0.25, -0.2) is 13.1 Å². The monoisotopic (exact) mass is 399 g/mol. The lowest BCUT2D eigenvalue weighted by atomic mass is 10.2. The van der Waals surface area contributed by atoms with Crippen LogP contribution in [0.15, 0.2) is 63.2 Å². The Hall–Kier alpha value is -2.97. The Bertz CT molecular complexity index is 1160. The molecular formula is C20H21N3O4S. The van der Waals surface area contributed by atoms with Crippen LogP contribution in [0.1, 0.15) is 16.8 Å². The number of hydrogen-bond donors (Lipinski definition) is 2.